The van der Waals surface area contributed by atoms with Crippen molar-refractivity contribution in [2.45, 2.75) is 4.90 Å². The number of benzene rings is 1. The van der Waals surface area contributed by atoms with Crippen molar-refractivity contribution >= 4 is 39.2 Å². The minimum Gasteiger partial charge on any atom is -0.465 e. The lowest BCUT2D eigenvalue weighted by atomic mass is 10.2. The fourth-order valence-electron chi connectivity index (χ4n) is 1.19. The predicted molar refractivity (Wildman–Crippen MR) is 68.7 cm³/mol. The molecule has 0 saturated carbocycles. The van der Waals surface area contributed by atoms with Crippen LogP contribution in [-0.2, 0) is 14.8 Å². The van der Waals surface area contributed by atoms with E-state index in [1.807, 2.05) is 0 Å². The highest BCUT2D eigenvalue weighted by Crippen LogP contribution is 2.30. The van der Waals surface area contributed by atoms with Crippen molar-refractivity contribution in [1.82, 2.24) is 4.31 Å². The molecule has 1 rings (SSSR count). The van der Waals surface area contributed by atoms with Crippen molar-refractivity contribution in [3.05, 3.63) is 27.7 Å². The minimum absolute atomic E-state index is 0.0320. The quantitative estimate of drug-likeness (QED) is 0.801. The zero-order chi connectivity index (χ0) is 14.1. The molecule has 0 saturated heterocycles. The topological polar surface area (TPSA) is 63.7 Å². The molecular weight excluding hydrogens is 301 g/mol. The largest absolute Gasteiger partial charge is 0.465 e. The van der Waals surface area contributed by atoms with Gasteiger partial charge in [0.25, 0.3) is 0 Å². The van der Waals surface area contributed by atoms with E-state index in [0.717, 1.165) is 10.4 Å². The summed E-state index contributed by atoms with van der Waals surface area (Å²) in [5.41, 5.74) is -0.0519. The van der Waals surface area contributed by atoms with Gasteiger partial charge in [0.2, 0.25) is 10.0 Å². The Kier molecular flexibility index (Phi) is 4.61. The standard InChI is InChI=1S/C10H11Cl2NO4S/c1-13(2)18(15,16)9-4-6(10(14)17-3)7(11)5-8(9)12/h4-5H,1-3H3. The fourth-order valence-corrected chi connectivity index (χ4v) is 2.91. The van der Waals surface area contributed by atoms with Crippen molar-refractivity contribution < 1.29 is 17.9 Å². The molecule has 0 bridgehead atoms. The molecule has 0 spiro atoms. The Balaban J connectivity index is 3.53. The van der Waals surface area contributed by atoms with Crippen molar-refractivity contribution in [1.29, 1.82) is 0 Å². The third-order valence-electron chi connectivity index (χ3n) is 2.19. The lowest BCUT2D eigenvalue weighted by Gasteiger charge is -2.14. The molecule has 0 aliphatic heterocycles. The van der Waals surface area contributed by atoms with Gasteiger partial charge in [-0.2, -0.15) is 0 Å². The van der Waals surface area contributed by atoms with Gasteiger partial charge in [-0.1, -0.05) is 23.2 Å². The van der Waals surface area contributed by atoms with Crippen LogP contribution in [-0.4, -0.2) is 39.9 Å². The molecule has 0 aliphatic carbocycles. The van der Waals surface area contributed by atoms with Crippen LogP contribution in [0.1, 0.15) is 10.4 Å². The Morgan fingerprint density at radius 1 is 1.22 bits per heavy atom. The molecule has 0 aliphatic rings. The molecule has 0 aromatic heterocycles. The number of hydrogen-bond donors (Lipinski definition) is 0. The normalized spacial score (nSPS) is 11.7. The van der Waals surface area contributed by atoms with Crippen LogP contribution in [0.3, 0.4) is 0 Å². The van der Waals surface area contributed by atoms with E-state index in [9.17, 15) is 13.2 Å². The first-order valence-electron chi connectivity index (χ1n) is 4.71. The van der Waals surface area contributed by atoms with Crippen LogP contribution in [0.15, 0.2) is 17.0 Å². The van der Waals surface area contributed by atoms with Crippen LogP contribution < -0.4 is 0 Å². The third kappa shape index (κ3) is 2.77. The van der Waals surface area contributed by atoms with Gasteiger partial charge in [0, 0.05) is 14.1 Å². The number of halogens is 2. The van der Waals surface area contributed by atoms with E-state index in [1.54, 1.807) is 0 Å². The summed E-state index contributed by atoms with van der Waals surface area (Å²) < 4.78 is 29.4. The lowest BCUT2D eigenvalue weighted by Crippen LogP contribution is -2.23. The molecule has 18 heavy (non-hydrogen) atoms. The minimum atomic E-state index is -3.75. The molecule has 100 valence electrons. The Bertz CT molecular complexity index is 584. The van der Waals surface area contributed by atoms with E-state index in [1.165, 1.54) is 27.3 Å². The van der Waals surface area contributed by atoms with E-state index in [4.69, 9.17) is 23.2 Å². The van der Waals surface area contributed by atoms with Crippen molar-refractivity contribution in [2.75, 3.05) is 21.2 Å². The number of ether oxygens (including phenoxy) is 1. The molecular formula is C10H11Cl2NO4S. The summed E-state index contributed by atoms with van der Waals surface area (Å²) in [5.74, 6) is -0.730. The van der Waals surface area contributed by atoms with Gasteiger partial charge in [-0.3, -0.25) is 0 Å². The van der Waals surface area contributed by atoms with Gasteiger partial charge in [0.15, 0.2) is 0 Å². The van der Waals surface area contributed by atoms with Crippen molar-refractivity contribution in [3.63, 3.8) is 0 Å². The smallest absolute Gasteiger partial charge is 0.339 e. The molecule has 8 heteroatoms. The highest BCUT2D eigenvalue weighted by molar-refractivity contribution is 7.89. The average molecular weight is 312 g/mol. The van der Waals surface area contributed by atoms with Gasteiger partial charge in [-0.25, -0.2) is 17.5 Å². The number of rotatable bonds is 3. The second-order valence-corrected chi connectivity index (χ2v) is 6.48. The first kappa shape index (κ1) is 15.2. The lowest BCUT2D eigenvalue weighted by molar-refractivity contribution is 0.0600. The maximum absolute atomic E-state index is 12.0. The second kappa shape index (κ2) is 5.44. The number of sulfonamides is 1. The van der Waals surface area contributed by atoms with Gasteiger partial charge < -0.3 is 4.74 Å². The average Bonchev–Trinajstić information content (AvgIpc) is 2.27. The second-order valence-electron chi connectivity index (χ2n) is 3.54. The van der Waals surface area contributed by atoms with Gasteiger partial charge in [-0.05, 0) is 12.1 Å². The maximum atomic E-state index is 12.0. The van der Waals surface area contributed by atoms with Crippen molar-refractivity contribution in [3.8, 4) is 0 Å². The zero-order valence-electron chi connectivity index (χ0n) is 9.90. The summed E-state index contributed by atoms with van der Waals surface area (Å²) in [6.07, 6.45) is 0. The van der Waals surface area contributed by atoms with E-state index >= 15 is 0 Å². The monoisotopic (exact) mass is 311 g/mol. The van der Waals surface area contributed by atoms with Crippen LogP contribution in [0.5, 0.6) is 0 Å². The maximum Gasteiger partial charge on any atom is 0.339 e. The molecule has 0 amide bonds. The number of methoxy groups -OCH3 is 1. The highest BCUT2D eigenvalue weighted by atomic mass is 35.5. The SMILES string of the molecule is COC(=O)c1cc(S(=O)(=O)N(C)C)c(Cl)cc1Cl. The molecule has 0 radical (unpaired) electrons. The summed E-state index contributed by atoms with van der Waals surface area (Å²) in [5, 5.41) is -0.0223. The molecule has 1 aromatic carbocycles. The molecule has 0 atom stereocenters. The van der Waals surface area contributed by atoms with Gasteiger partial charge in [0.05, 0.1) is 22.7 Å². The first-order valence-corrected chi connectivity index (χ1v) is 6.91. The summed E-state index contributed by atoms with van der Waals surface area (Å²) in [7, 11) is 0.139. The van der Waals surface area contributed by atoms with E-state index < -0.39 is 16.0 Å². The zero-order valence-corrected chi connectivity index (χ0v) is 12.2. The summed E-state index contributed by atoms with van der Waals surface area (Å²) in [4.78, 5) is 11.2. The van der Waals surface area contributed by atoms with Crippen LogP contribution in [0.25, 0.3) is 0 Å². The van der Waals surface area contributed by atoms with E-state index in [-0.39, 0.29) is 20.5 Å². The molecule has 0 unspecified atom stereocenters. The van der Waals surface area contributed by atoms with Crippen LogP contribution >= 0.6 is 23.2 Å². The number of nitrogens with zero attached hydrogens (tertiary/aromatic N) is 1. The predicted octanol–water partition coefficient (Wildman–Crippen LogP) is 2.03. The summed E-state index contributed by atoms with van der Waals surface area (Å²) >= 11 is 11.6. The highest BCUT2D eigenvalue weighted by Gasteiger charge is 2.24. The van der Waals surface area contributed by atoms with E-state index in [2.05, 4.69) is 4.74 Å². The third-order valence-corrected chi connectivity index (χ3v) is 4.78. The Labute approximate surface area is 115 Å². The number of carbonyl (C=O) groups is 1. The number of esters is 1. The molecule has 0 heterocycles. The summed E-state index contributed by atoms with van der Waals surface area (Å²) in [6, 6.07) is 2.30. The van der Waals surface area contributed by atoms with Crippen LogP contribution in [0.4, 0.5) is 0 Å². The Morgan fingerprint density at radius 2 is 1.78 bits per heavy atom. The van der Waals surface area contributed by atoms with Crippen LogP contribution in [0, 0.1) is 0 Å². The van der Waals surface area contributed by atoms with E-state index in [0.29, 0.717) is 0 Å². The molecule has 0 fully saturated rings. The first-order chi connectivity index (χ1) is 8.21. The summed E-state index contributed by atoms with van der Waals surface area (Å²) in [6.45, 7) is 0. The van der Waals surface area contributed by atoms with Gasteiger partial charge in [0.1, 0.15) is 4.90 Å². The fraction of sp³-hybridized carbons (Fsp3) is 0.300. The number of hydrogen-bond acceptors (Lipinski definition) is 4. The van der Waals surface area contributed by atoms with Crippen molar-refractivity contribution in [2.24, 2.45) is 0 Å². The van der Waals surface area contributed by atoms with Gasteiger partial charge in [-0.15, -0.1) is 0 Å². The molecule has 5 nitrogen and oxygen atoms in total. The van der Waals surface area contributed by atoms with Crippen LogP contribution in [0.2, 0.25) is 10.0 Å². The molecule has 0 N–H and O–H groups in total. The number of carbonyl (C=O) groups excluding carboxylic acids is 1. The van der Waals surface area contributed by atoms with Gasteiger partial charge >= 0.3 is 5.97 Å². The Morgan fingerprint density at radius 3 is 2.22 bits per heavy atom. The Hall–Kier alpha value is -0.820. The molecule has 1 aromatic rings.